The van der Waals surface area contributed by atoms with Crippen LogP contribution in [0.2, 0.25) is 0 Å². The molecule has 4 nitrogen and oxygen atoms in total. The van der Waals surface area contributed by atoms with Gasteiger partial charge < -0.3 is 8.98 Å². The minimum absolute atomic E-state index is 0.517. The van der Waals surface area contributed by atoms with Gasteiger partial charge in [0, 0.05) is 29.7 Å². The van der Waals surface area contributed by atoms with Gasteiger partial charge in [-0.1, -0.05) is 19.9 Å². The number of hydrogen-bond donors (Lipinski definition) is 0. The van der Waals surface area contributed by atoms with E-state index in [1.165, 1.54) is 22.9 Å². The van der Waals surface area contributed by atoms with Crippen molar-refractivity contribution in [3.05, 3.63) is 36.4 Å². The van der Waals surface area contributed by atoms with E-state index in [0.29, 0.717) is 11.8 Å². The van der Waals surface area contributed by atoms with Crippen molar-refractivity contribution >= 4 is 10.9 Å². The fraction of sp³-hybridized carbons (Fsp3) is 0.286. The molecule has 4 heteroatoms. The summed E-state index contributed by atoms with van der Waals surface area (Å²) in [5.41, 5.74) is 3.51. The van der Waals surface area contributed by atoms with Gasteiger partial charge in [-0.05, 0) is 23.6 Å². The third-order valence-electron chi connectivity index (χ3n) is 3.25. The molecule has 0 aliphatic rings. The molecule has 2 aromatic heterocycles. The highest BCUT2D eigenvalue weighted by Gasteiger charge is 2.12. The first-order chi connectivity index (χ1) is 8.66. The van der Waals surface area contributed by atoms with Crippen LogP contribution in [0, 0.1) is 0 Å². The van der Waals surface area contributed by atoms with Gasteiger partial charge in [-0.15, -0.1) is 10.2 Å². The number of aryl methyl sites for hydroxylation is 1. The van der Waals surface area contributed by atoms with Crippen LogP contribution in [-0.4, -0.2) is 14.8 Å². The van der Waals surface area contributed by atoms with Crippen molar-refractivity contribution in [3.8, 4) is 11.5 Å². The molecule has 92 valence electrons. The molecule has 0 aliphatic heterocycles. The molecule has 0 saturated heterocycles. The van der Waals surface area contributed by atoms with Crippen molar-refractivity contribution in [2.75, 3.05) is 0 Å². The third kappa shape index (κ3) is 1.61. The van der Waals surface area contributed by atoms with E-state index in [1.54, 1.807) is 0 Å². The second kappa shape index (κ2) is 3.98. The summed E-state index contributed by atoms with van der Waals surface area (Å²) in [5.74, 6) is 1.08. The molecule has 0 bridgehead atoms. The molecule has 0 aliphatic carbocycles. The van der Waals surface area contributed by atoms with E-state index in [9.17, 15) is 0 Å². The summed E-state index contributed by atoms with van der Waals surface area (Å²) in [4.78, 5) is 0. The Morgan fingerprint density at radius 2 is 2.11 bits per heavy atom. The highest BCUT2D eigenvalue weighted by atomic mass is 16.4. The van der Waals surface area contributed by atoms with Crippen molar-refractivity contribution in [2.45, 2.75) is 19.8 Å². The lowest BCUT2D eigenvalue weighted by Crippen LogP contribution is -1.85. The van der Waals surface area contributed by atoms with Gasteiger partial charge >= 0.3 is 0 Å². The van der Waals surface area contributed by atoms with Gasteiger partial charge in [0.05, 0.1) is 0 Å². The second-order valence-corrected chi connectivity index (χ2v) is 4.83. The highest BCUT2D eigenvalue weighted by molar-refractivity contribution is 5.87. The van der Waals surface area contributed by atoms with Gasteiger partial charge in [-0.3, -0.25) is 0 Å². The second-order valence-electron chi connectivity index (χ2n) is 4.83. The van der Waals surface area contributed by atoms with Crippen LogP contribution in [0.4, 0.5) is 0 Å². The molecule has 3 aromatic rings. The number of nitrogens with zero attached hydrogens (tertiary/aromatic N) is 3. The van der Waals surface area contributed by atoms with Gasteiger partial charge in [0.2, 0.25) is 12.3 Å². The SMILES string of the molecule is CC(C)c1cn(C)c2cc(-c3nnco3)ccc12. The lowest BCUT2D eigenvalue weighted by molar-refractivity contribution is 0.568. The molecule has 0 amide bonds. The lowest BCUT2D eigenvalue weighted by Gasteiger charge is -2.02. The Morgan fingerprint density at radius 1 is 1.28 bits per heavy atom. The molecule has 18 heavy (non-hydrogen) atoms. The van der Waals surface area contributed by atoms with Crippen LogP contribution in [0.25, 0.3) is 22.4 Å². The summed E-state index contributed by atoms with van der Waals surface area (Å²) >= 11 is 0. The smallest absolute Gasteiger partial charge is 0.247 e. The molecule has 0 radical (unpaired) electrons. The van der Waals surface area contributed by atoms with E-state index in [0.717, 1.165) is 5.56 Å². The molecule has 0 unspecified atom stereocenters. The van der Waals surface area contributed by atoms with Crippen LogP contribution >= 0.6 is 0 Å². The van der Waals surface area contributed by atoms with Crippen LogP contribution in [0.3, 0.4) is 0 Å². The van der Waals surface area contributed by atoms with E-state index in [1.807, 2.05) is 6.07 Å². The predicted octanol–water partition coefficient (Wildman–Crippen LogP) is 3.35. The van der Waals surface area contributed by atoms with E-state index >= 15 is 0 Å². The zero-order valence-electron chi connectivity index (χ0n) is 10.7. The average molecular weight is 241 g/mol. The van der Waals surface area contributed by atoms with Gasteiger partial charge in [0.15, 0.2) is 0 Å². The molecule has 0 saturated carbocycles. The summed E-state index contributed by atoms with van der Waals surface area (Å²) in [7, 11) is 2.06. The fourth-order valence-corrected chi connectivity index (χ4v) is 2.31. The largest absolute Gasteiger partial charge is 0.423 e. The van der Waals surface area contributed by atoms with Crippen LogP contribution in [-0.2, 0) is 7.05 Å². The first-order valence-corrected chi connectivity index (χ1v) is 6.02. The Morgan fingerprint density at radius 3 is 2.78 bits per heavy atom. The quantitative estimate of drug-likeness (QED) is 0.691. The Labute approximate surface area is 105 Å². The maximum Gasteiger partial charge on any atom is 0.247 e. The lowest BCUT2D eigenvalue weighted by atomic mass is 10.0. The van der Waals surface area contributed by atoms with Crippen LogP contribution < -0.4 is 0 Å². The van der Waals surface area contributed by atoms with E-state index in [4.69, 9.17) is 4.42 Å². The summed E-state index contributed by atoms with van der Waals surface area (Å²) in [5, 5.41) is 8.94. The number of benzene rings is 1. The zero-order chi connectivity index (χ0) is 12.7. The van der Waals surface area contributed by atoms with Crippen LogP contribution in [0.15, 0.2) is 35.2 Å². The third-order valence-corrected chi connectivity index (χ3v) is 3.25. The van der Waals surface area contributed by atoms with E-state index < -0.39 is 0 Å². The molecular formula is C14H15N3O. The zero-order valence-corrected chi connectivity index (χ0v) is 10.7. The highest BCUT2D eigenvalue weighted by Crippen LogP contribution is 2.30. The van der Waals surface area contributed by atoms with E-state index in [2.05, 4.69) is 54.0 Å². The predicted molar refractivity (Wildman–Crippen MR) is 70.3 cm³/mol. The van der Waals surface area contributed by atoms with Gasteiger partial charge in [0.1, 0.15) is 0 Å². The van der Waals surface area contributed by atoms with Crippen molar-refractivity contribution < 1.29 is 4.42 Å². The number of rotatable bonds is 2. The summed E-state index contributed by atoms with van der Waals surface area (Å²) in [6.07, 6.45) is 3.54. The van der Waals surface area contributed by atoms with Gasteiger partial charge in [-0.25, -0.2) is 0 Å². The normalized spacial score (nSPS) is 11.6. The van der Waals surface area contributed by atoms with Crippen molar-refractivity contribution in [2.24, 2.45) is 7.05 Å². The number of fused-ring (bicyclic) bond motifs is 1. The Hall–Kier alpha value is -2.10. The Balaban J connectivity index is 2.22. The summed E-state index contributed by atoms with van der Waals surface area (Å²) in [6.45, 7) is 4.42. The molecule has 1 aromatic carbocycles. The first kappa shape index (κ1) is 11.0. The molecular weight excluding hydrogens is 226 g/mol. The molecule has 0 N–H and O–H groups in total. The fourth-order valence-electron chi connectivity index (χ4n) is 2.31. The molecule has 0 atom stereocenters. The monoisotopic (exact) mass is 241 g/mol. The van der Waals surface area contributed by atoms with Gasteiger partial charge in [0.25, 0.3) is 0 Å². The molecule has 0 spiro atoms. The standard InChI is InChI=1S/C14H15N3O/c1-9(2)12-7-17(3)13-6-10(4-5-11(12)13)14-16-15-8-18-14/h4-9H,1-3H3. The van der Waals surface area contributed by atoms with Crippen molar-refractivity contribution in [1.29, 1.82) is 0 Å². The Kier molecular flexibility index (Phi) is 2.44. The number of aromatic nitrogens is 3. The maximum absolute atomic E-state index is 5.23. The maximum atomic E-state index is 5.23. The minimum atomic E-state index is 0.517. The first-order valence-electron chi connectivity index (χ1n) is 6.02. The number of hydrogen-bond acceptors (Lipinski definition) is 3. The Bertz CT molecular complexity index is 680. The average Bonchev–Trinajstić information content (AvgIpc) is 2.97. The van der Waals surface area contributed by atoms with Crippen LogP contribution in [0.1, 0.15) is 25.3 Å². The summed E-state index contributed by atoms with van der Waals surface area (Å²) in [6, 6.07) is 6.25. The van der Waals surface area contributed by atoms with Crippen molar-refractivity contribution in [3.63, 3.8) is 0 Å². The van der Waals surface area contributed by atoms with Gasteiger partial charge in [-0.2, -0.15) is 0 Å². The topological polar surface area (TPSA) is 43.9 Å². The minimum Gasteiger partial charge on any atom is -0.423 e. The summed E-state index contributed by atoms with van der Waals surface area (Å²) < 4.78 is 7.37. The molecule has 0 fully saturated rings. The molecule has 2 heterocycles. The van der Waals surface area contributed by atoms with Crippen LogP contribution in [0.5, 0.6) is 0 Å². The van der Waals surface area contributed by atoms with Crippen molar-refractivity contribution in [1.82, 2.24) is 14.8 Å². The van der Waals surface area contributed by atoms with E-state index in [-0.39, 0.29) is 0 Å². The molecule has 3 rings (SSSR count).